The normalized spacial score (nSPS) is 15.7. The van der Waals surface area contributed by atoms with Crippen LogP contribution < -0.4 is 11.1 Å². The number of anilines is 1. The SMILES string of the molecule is C[C@@H](N)C(=O)N1CCN(CC(=O)Nc2ccccc2Cl)CC1.Cl.Cl. The fourth-order valence-corrected chi connectivity index (χ4v) is 2.55. The molecule has 1 fully saturated rings. The van der Waals surface area contributed by atoms with Gasteiger partial charge in [0.05, 0.1) is 23.3 Å². The number of para-hydroxylation sites is 1. The predicted molar refractivity (Wildman–Crippen MR) is 101 cm³/mol. The summed E-state index contributed by atoms with van der Waals surface area (Å²) in [7, 11) is 0. The number of halogens is 3. The standard InChI is InChI=1S/C15H21ClN4O2.2ClH/c1-11(17)15(22)20-8-6-19(7-9-20)10-14(21)18-13-5-3-2-4-12(13)16;;/h2-5,11H,6-10,17H2,1H3,(H,18,21);2*1H/t11-;;/m1../s1. The molecule has 1 aliphatic rings. The molecule has 24 heavy (non-hydrogen) atoms. The summed E-state index contributed by atoms with van der Waals surface area (Å²) in [5.41, 5.74) is 6.21. The lowest BCUT2D eigenvalue weighted by molar-refractivity contribution is -0.134. The van der Waals surface area contributed by atoms with Crippen molar-refractivity contribution in [1.29, 1.82) is 0 Å². The van der Waals surface area contributed by atoms with Gasteiger partial charge in [-0.25, -0.2) is 0 Å². The van der Waals surface area contributed by atoms with E-state index in [1.54, 1.807) is 24.0 Å². The molecule has 6 nitrogen and oxygen atoms in total. The highest BCUT2D eigenvalue weighted by Gasteiger charge is 2.24. The molecule has 1 aromatic carbocycles. The minimum atomic E-state index is -0.477. The van der Waals surface area contributed by atoms with E-state index in [1.807, 2.05) is 17.0 Å². The molecule has 0 saturated carbocycles. The molecule has 2 amide bonds. The van der Waals surface area contributed by atoms with Gasteiger partial charge in [-0.3, -0.25) is 14.5 Å². The molecule has 1 aliphatic heterocycles. The quantitative estimate of drug-likeness (QED) is 0.809. The molecule has 0 aliphatic carbocycles. The van der Waals surface area contributed by atoms with Crippen molar-refractivity contribution in [3.05, 3.63) is 29.3 Å². The largest absolute Gasteiger partial charge is 0.339 e. The summed E-state index contributed by atoms with van der Waals surface area (Å²) in [6, 6.07) is 6.65. The van der Waals surface area contributed by atoms with Gasteiger partial charge in [0.1, 0.15) is 0 Å². The number of hydrogen-bond acceptors (Lipinski definition) is 4. The van der Waals surface area contributed by atoms with E-state index in [0.717, 1.165) is 0 Å². The Kier molecular flexibility index (Phi) is 10.3. The van der Waals surface area contributed by atoms with Crippen molar-refractivity contribution >= 4 is 53.9 Å². The monoisotopic (exact) mass is 396 g/mol. The molecule has 3 N–H and O–H groups in total. The molecule has 0 radical (unpaired) electrons. The number of nitrogens with one attached hydrogen (secondary N) is 1. The van der Waals surface area contributed by atoms with Gasteiger partial charge in [0.2, 0.25) is 11.8 Å². The van der Waals surface area contributed by atoms with E-state index < -0.39 is 6.04 Å². The molecule has 1 heterocycles. The Morgan fingerprint density at radius 2 is 1.79 bits per heavy atom. The zero-order valence-corrected chi connectivity index (χ0v) is 15.8. The number of nitrogens with zero attached hydrogens (tertiary/aromatic N) is 2. The number of benzene rings is 1. The number of amides is 2. The lowest BCUT2D eigenvalue weighted by Gasteiger charge is -2.35. The van der Waals surface area contributed by atoms with Gasteiger partial charge in [-0.2, -0.15) is 0 Å². The number of piperazine rings is 1. The van der Waals surface area contributed by atoms with Gasteiger partial charge in [-0.15, -0.1) is 24.8 Å². The van der Waals surface area contributed by atoms with Crippen LogP contribution in [0.15, 0.2) is 24.3 Å². The van der Waals surface area contributed by atoms with Gasteiger partial charge in [-0.05, 0) is 19.1 Å². The predicted octanol–water partition coefficient (Wildman–Crippen LogP) is 1.61. The highest BCUT2D eigenvalue weighted by Crippen LogP contribution is 2.20. The number of carbonyl (C=O) groups excluding carboxylic acids is 2. The highest BCUT2D eigenvalue weighted by atomic mass is 35.5. The van der Waals surface area contributed by atoms with E-state index in [1.165, 1.54) is 0 Å². The van der Waals surface area contributed by atoms with Crippen molar-refractivity contribution in [2.24, 2.45) is 5.73 Å². The Hall–Kier alpha value is -1.05. The van der Waals surface area contributed by atoms with Crippen LogP contribution in [0.1, 0.15) is 6.92 Å². The van der Waals surface area contributed by atoms with Gasteiger partial charge < -0.3 is 16.0 Å². The van der Waals surface area contributed by atoms with E-state index in [2.05, 4.69) is 5.32 Å². The van der Waals surface area contributed by atoms with Crippen LogP contribution in [0.2, 0.25) is 5.02 Å². The Bertz CT molecular complexity index is 549. The summed E-state index contributed by atoms with van der Waals surface area (Å²) in [5, 5.41) is 3.31. The lowest BCUT2D eigenvalue weighted by Crippen LogP contribution is -2.53. The zero-order valence-electron chi connectivity index (χ0n) is 13.4. The average Bonchev–Trinajstić information content (AvgIpc) is 2.49. The molecule has 0 bridgehead atoms. The molecule has 0 aromatic heterocycles. The maximum Gasteiger partial charge on any atom is 0.239 e. The van der Waals surface area contributed by atoms with Crippen LogP contribution in [-0.4, -0.2) is 60.4 Å². The van der Waals surface area contributed by atoms with Gasteiger partial charge in [-0.1, -0.05) is 23.7 Å². The van der Waals surface area contributed by atoms with Gasteiger partial charge in [0, 0.05) is 26.2 Å². The van der Waals surface area contributed by atoms with Crippen molar-refractivity contribution in [3.63, 3.8) is 0 Å². The third-order valence-corrected chi connectivity index (χ3v) is 3.92. The topological polar surface area (TPSA) is 78.7 Å². The first-order chi connectivity index (χ1) is 10.5. The van der Waals surface area contributed by atoms with Gasteiger partial charge in [0.15, 0.2) is 0 Å². The summed E-state index contributed by atoms with van der Waals surface area (Å²) in [6.07, 6.45) is 0. The van der Waals surface area contributed by atoms with Crippen LogP contribution >= 0.6 is 36.4 Å². The average molecular weight is 398 g/mol. The lowest BCUT2D eigenvalue weighted by atomic mass is 10.2. The van der Waals surface area contributed by atoms with Crippen molar-refractivity contribution in [2.45, 2.75) is 13.0 Å². The number of carbonyl (C=O) groups is 2. The molecule has 0 spiro atoms. The van der Waals surface area contributed by atoms with Crippen LogP contribution in [-0.2, 0) is 9.59 Å². The van der Waals surface area contributed by atoms with Crippen LogP contribution in [0.3, 0.4) is 0 Å². The van der Waals surface area contributed by atoms with Gasteiger partial charge in [0.25, 0.3) is 0 Å². The Morgan fingerprint density at radius 3 is 2.33 bits per heavy atom. The van der Waals surface area contributed by atoms with Gasteiger partial charge >= 0.3 is 0 Å². The molecule has 1 atom stereocenters. The Labute approximate surface area is 159 Å². The Morgan fingerprint density at radius 1 is 1.21 bits per heavy atom. The summed E-state index contributed by atoms with van der Waals surface area (Å²) in [5.74, 6) is -0.153. The fourth-order valence-electron chi connectivity index (χ4n) is 2.37. The number of rotatable bonds is 4. The minimum absolute atomic E-state index is 0. The summed E-state index contributed by atoms with van der Waals surface area (Å²) < 4.78 is 0. The summed E-state index contributed by atoms with van der Waals surface area (Å²) >= 11 is 6.01. The van der Waals surface area contributed by atoms with Crippen molar-refractivity contribution in [2.75, 3.05) is 38.0 Å². The molecule has 9 heteroatoms. The van der Waals surface area contributed by atoms with E-state index in [0.29, 0.717) is 36.9 Å². The van der Waals surface area contributed by atoms with Crippen LogP contribution in [0.25, 0.3) is 0 Å². The second-order valence-corrected chi connectivity index (χ2v) is 5.83. The minimum Gasteiger partial charge on any atom is -0.339 e. The van der Waals surface area contributed by atoms with Crippen molar-refractivity contribution in [3.8, 4) is 0 Å². The van der Waals surface area contributed by atoms with E-state index >= 15 is 0 Å². The number of hydrogen-bond donors (Lipinski definition) is 2. The first-order valence-corrected chi connectivity index (χ1v) is 7.66. The third-order valence-electron chi connectivity index (χ3n) is 3.59. The summed E-state index contributed by atoms with van der Waals surface area (Å²) in [6.45, 7) is 4.49. The van der Waals surface area contributed by atoms with Crippen molar-refractivity contribution < 1.29 is 9.59 Å². The molecule has 1 saturated heterocycles. The highest BCUT2D eigenvalue weighted by molar-refractivity contribution is 6.33. The molecule has 1 aromatic rings. The maximum atomic E-state index is 12.0. The smallest absolute Gasteiger partial charge is 0.239 e. The molecular weight excluding hydrogens is 375 g/mol. The number of nitrogens with two attached hydrogens (primary N) is 1. The van der Waals surface area contributed by atoms with Crippen LogP contribution in [0.5, 0.6) is 0 Å². The zero-order chi connectivity index (χ0) is 16.1. The molecule has 136 valence electrons. The molecule has 0 unspecified atom stereocenters. The van der Waals surface area contributed by atoms with E-state index in [-0.39, 0.29) is 43.2 Å². The van der Waals surface area contributed by atoms with Crippen LogP contribution in [0, 0.1) is 0 Å². The van der Waals surface area contributed by atoms with E-state index in [4.69, 9.17) is 17.3 Å². The second-order valence-electron chi connectivity index (χ2n) is 5.42. The molecular formula is C15H23Cl3N4O2. The van der Waals surface area contributed by atoms with Crippen molar-refractivity contribution in [1.82, 2.24) is 9.80 Å². The molecule has 2 rings (SSSR count). The fraction of sp³-hybridized carbons (Fsp3) is 0.467. The summed E-state index contributed by atoms with van der Waals surface area (Å²) in [4.78, 5) is 27.6. The second kappa shape index (κ2) is 10.7. The first-order valence-electron chi connectivity index (χ1n) is 7.28. The van der Waals surface area contributed by atoms with E-state index in [9.17, 15) is 9.59 Å². The Balaban J connectivity index is 0.00000264. The maximum absolute atomic E-state index is 12.0. The van der Waals surface area contributed by atoms with Crippen LogP contribution in [0.4, 0.5) is 5.69 Å². The third kappa shape index (κ3) is 6.45. The first kappa shape index (κ1) is 22.9.